The highest BCUT2D eigenvalue weighted by molar-refractivity contribution is 5.86. The Bertz CT molecular complexity index is 427. The summed E-state index contributed by atoms with van der Waals surface area (Å²) in [4.78, 5) is 22.2. The predicted molar refractivity (Wildman–Crippen MR) is 74.8 cm³/mol. The van der Waals surface area contributed by atoms with E-state index in [9.17, 15) is 18.4 Å². The van der Waals surface area contributed by atoms with Crippen molar-refractivity contribution in [1.29, 1.82) is 0 Å². The van der Waals surface area contributed by atoms with E-state index in [1.165, 1.54) is 27.7 Å². The molecule has 1 atom stereocenters. The standard InChI is InChI=1S/C15H22F2O4/c1-7-12(18)20-8-11(4)15(16,17)14(5,6)9-21-13(19)10(2)3/h7,11H,1-2,8-9H2,3-6H3. The van der Waals surface area contributed by atoms with Crippen LogP contribution < -0.4 is 0 Å². The number of hydrogen-bond acceptors (Lipinski definition) is 4. The molecule has 0 bridgehead atoms. The molecule has 0 rings (SSSR count). The molecular formula is C15H22F2O4. The maximum Gasteiger partial charge on any atom is 0.333 e. The first kappa shape index (κ1) is 19.3. The van der Waals surface area contributed by atoms with E-state index in [1.54, 1.807) is 0 Å². The molecule has 0 N–H and O–H groups in total. The maximum atomic E-state index is 14.4. The summed E-state index contributed by atoms with van der Waals surface area (Å²) in [5.41, 5.74) is -1.47. The van der Waals surface area contributed by atoms with Gasteiger partial charge >= 0.3 is 11.9 Å². The zero-order chi connectivity index (χ0) is 16.8. The van der Waals surface area contributed by atoms with Gasteiger partial charge in [-0.25, -0.2) is 18.4 Å². The number of alkyl halides is 2. The first-order valence-corrected chi connectivity index (χ1v) is 6.45. The van der Waals surface area contributed by atoms with Crippen molar-refractivity contribution in [1.82, 2.24) is 0 Å². The molecule has 0 heterocycles. The number of esters is 2. The summed E-state index contributed by atoms with van der Waals surface area (Å²) in [6.45, 7) is 10.9. The van der Waals surface area contributed by atoms with E-state index in [1.807, 2.05) is 0 Å². The summed E-state index contributed by atoms with van der Waals surface area (Å²) in [5.74, 6) is -5.92. The van der Waals surface area contributed by atoms with Crippen LogP contribution in [0.5, 0.6) is 0 Å². The van der Waals surface area contributed by atoms with E-state index in [4.69, 9.17) is 4.74 Å². The molecular weight excluding hydrogens is 282 g/mol. The SMILES string of the molecule is C=CC(=O)OCC(C)C(F)(F)C(C)(C)COC(=O)C(=C)C. The molecule has 0 aliphatic rings. The summed E-state index contributed by atoms with van der Waals surface area (Å²) < 4.78 is 38.2. The van der Waals surface area contributed by atoms with Crippen LogP contribution in [-0.4, -0.2) is 31.1 Å². The lowest BCUT2D eigenvalue weighted by molar-refractivity contribution is -0.185. The van der Waals surface area contributed by atoms with E-state index in [-0.39, 0.29) is 5.57 Å². The smallest absolute Gasteiger partial charge is 0.333 e. The zero-order valence-electron chi connectivity index (χ0n) is 12.9. The van der Waals surface area contributed by atoms with Crippen LogP contribution in [0.15, 0.2) is 24.8 Å². The monoisotopic (exact) mass is 304 g/mol. The molecule has 0 aromatic rings. The molecule has 4 nitrogen and oxygen atoms in total. The Morgan fingerprint density at radius 1 is 1.29 bits per heavy atom. The predicted octanol–water partition coefficient (Wildman–Crippen LogP) is 3.13. The Morgan fingerprint density at radius 3 is 2.24 bits per heavy atom. The summed E-state index contributed by atoms with van der Waals surface area (Å²) in [7, 11) is 0. The minimum atomic E-state index is -3.20. The topological polar surface area (TPSA) is 52.6 Å². The second-order valence-electron chi connectivity index (χ2n) is 5.60. The molecule has 0 aliphatic heterocycles. The number of ether oxygens (including phenoxy) is 2. The van der Waals surface area contributed by atoms with E-state index in [0.717, 1.165) is 6.08 Å². The third-order valence-electron chi connectivity index (χ3n) is 3.08. The highest BCUT2D eigenvalue weighted by Crippen LogP contribution is 2.42. The summed E-state index contributed by atoms with van der Waals surface area (Å²) in [5, 5.41) is 0. The first-order chi connectivity index (χ1) is 9.45. The van der Waals surface area contributed by atoms with E-state index >= 15 is 0 Å². The molecule has 0 aromatic carbocycles. The zero-order valence-corrected chi connectivity index (χ0v) is 12.9. The molecule has 21 heavy (non-hydrogen) atoms. The van der Waals surface area contributed by atoms with Crippen molar-refractivity contribution in [3.8, 4) is 0 Å². The second kappa shape index (κ2) is 7.33. The van der Waals surface area contributed by atoms with Crippen LogP contribution in [0.1, 0.15) is 27.7 Å². The van der Waals surface area contributed by atoms with Gasteiger partial charge in [0.25, 0.3) is 5.92 Å². The molecule has 0 spiro atoms. The van der Waals surface area contributed by atoms with Crippen LogP contribution in [0.2, 0.25) is 0 Å². The fourth-order valence-corrected chi connectivity index (χ4v) is 1.50. The number of halogens is 2. The third kappa shape index (κ3) is 5.28. The highest BCUT2D eigenvalue weighted by atomic mass is 19.3. The lowest BCUT2D eigenvalue weighted by Gasteiger charge is -2.37. The molecule has 0 radical (unpaired) electrons. The van der Waals surface area contributed by atoms with Gasteiger partial charge in [0.05, 0.1) is 17.9 Å². The van der Waals surface area contributed by atoms with Gasteiger partial charge in [-0.05, 0) is 6.92 Å². The third-order valence-corrected chi connectivity index (χ3v) is 3.08. The summed E-state index contributed by atoms with van der Waals surface area (Å²) >= 11 is 0. The van der Waals surface area contributed by atoms with Crippen molar-refractivity contribution in [2.24, 2.45) is 11.3 Å². The molecule has 1 unspecified atom stereocenters. The molecule has 0 saturated heterocycles. The molecule has 6 heteroatoms. The Labute approximate surface area is 123 Å². The first-order valence-electron chi connectivity index (χ1n) is 6.45. The Kier molecular flexibility index (Phi) is 6.73. The van der Waals surface area contributed by atoms with Crippen molar-refractivity contribution in [2.75, 3.05) is 13.2 Å². The minimum Gasteiger partial charge on any atom is -0.462 e. The molecule has 120 valence electrons. The van der Waals surface area contributed by atoms with Gasteiger partial charge in [-0.1, -0.05) is 33.9 Å². The van der Waals surface area contributed by atoms with Crippen LogP contribution >= 0.6 is 0 Å². The van der Waals surface area contributed by atoms with Gasteiger partial charge in [0.2, 0.25) is 0 Å². The fourth-order valence-electron chi connectivity index (χ4n) is 1.50. The van der Waals surface area contributed by atoms with Gasteiger partial charge in [-0.3, -0.25) is 0 Å². The van der Waals surface area contributed by atoms with Crippen molar-refractivity contribution in [3.63, 3.8) is 0 Å². The van der Waals surface area contributed by atoms with Crippen LogP contribution in [0.3, 0.4) is 0 Å². The van der Waals surface area contributed by atoms with Gasteiger partial charge in [0.1, 0.15) is 6.61 Å². The van der Waals surface area contributed by atoms with Gasteiger partial charge in [0, 0.05) is 11.6 Å². The van der Waals surface area contributed by atoms with Gasteiger partial charge in [-0.15, -0.1) is 0 Å². The van der Waals surface area contributed by atoms with Crippen LogP contribution in [-0.2, 0) is 19.1 Å². The highest BCUT2D eigenvalue weighted by Gasteiger charge is 2.51. The fraction of sp³-hybridized carbons (Fsp3) is 0.600. The average molecular weight is 304 g/mol. The van der Waals surface area contributed by atoms with Crippen LogP contribution in [0.4, 0.5) is 8.78 Å². The molecule has 0 amide bonds. The number of rotatable bonds is 8. The van der Waals surface area contributed by atoms with Crippen LogP contribution in [0.25, 0.3) is 0 Å². The molecule has 0 aliphatic carbocycles. The van der Waals surface area contributed by atoms with Crippen molar-refractivity contribution in [3.05, 3.63) is 24.8 Å². The van der Waals surface area contributed by atoms with E-state index in [0.29, 0.717) is 0 Å². The second-order valence-corrected chi connectivity index (χ2v) is 5.60. The van der Waals surface area contributed by atoms with Gasteiger partial charge in [0.15, 0.2) is 0 Å². The Balaban J connectivity index is 4.76. The van der Waals surface area contributed by atoms with E-state index < -0.39 is 42.4 Å². The maximum absolute atomic E-state index is 14.4. The van der Waals surface area contributed by atoms with E-state index in [2.05, 4.69) is 17.9 Å². The number of carbonyl (C=O) groups excluding carboxylic acids is 2. The molecule has 0 fully saturated rings. The largest absolute Gasteiger partial charge is 0.462 e. The number of hydrogen-bond donors (Lipinski definition) is 0. The lowest BCUT2D eigenvalue weighted by Crippen LogP contribution is -2.47. The summed E-state index contributed by atoms with van der Waals surface area (Å²) in [6, 6.07) is 0. The Morgan fingerprint density at radius 2 is 1.81 bits per heavy atom. The normalized spacial score (nSPS) is 13.2. The molecule has 0 saturated carbocycles. The van der Waals surface area contributed by atoms with Gasteiger partial charge < -0.3 is 9.47 Å². The Hall–Kier alpha value is -1.72. The van der Waals surface area contributed by atoms with Crippen molar-refractivity contribution >= 4 is 11.9 Å². The average Bonchev–Trinajstić information content (AvgIpc) is 2.40. The lowest BCUT2D eigenvalue weighted by atomic mass is 9.80. The van der Waals surface area contributed by atoms with Crippen molar-refractivity contribution in [2.45, 2.75) is 33.6 Å². The number of carbonyl (C=O) groups is 2. The summed E-state index contributed by atoms with van der Waals surface area (Å²) in [6.07, 6.45) is 0.907. The van der Waals surface area contributed by atoms with Crippen molar-refractivity contribution < 1.29 is 27.8 Å². The van der Waals surface area contributed by atoms with Gasteiger partial charge in [-0.2, -0.15) is 0 Å². The minimum absolute atomic E-state index is 0.141. The quantitative estimate of drug-likeness (QED) is 0.510. The van der Waals surface area contributed by atoms with Crippen LogP contribution in [0, 0.1) is 11.3 Å². The molecule has 0 aromatic heterocycles.